The van der Waals surface area contributed by atoms with Gasteiger partial charge in [0.15, 0.2) is 10.8 Å². The highest BCUT2D eigenvalue weighted by atomic mass is 32.2. The van der Waals surface area contributed by atoms with E-state index in [2.05, 4.69) is 22.0 Å². The molecule has 98 valence electrons. The monoisotopic (exact) mass is 276 g/mol. The molecule has 18 heavy (non-hydrogen) atoms. The zero-order chi connectivity index (χ0) is 13.8. The topological polar surface area (TPSA) is 45.8 Å². The Morgan fingerprint density at radius 3 is 2.72 bits per heavy atom. The number of nitrogens with one attached hydrogen (secondary N) is 1. The molecule has 0 spiro atoms. The molecule has 1 heterocycles. The van der Waals surface area contributed by atoms with Gasteiger partial charge in [0, 0.05) is 24.8 Å². The molecule has 1 aromatic heterocycles. The molecule has 0 aliphatic carbocycles. The minimum absolute atomic E-state index is 0.0349. The van der Waals surface area contributed by atoms with E-state index >= 15 is 0 Å². The van der Waals surface area contributed by atoms with E-state index in [1.165, 1.54) is 13.8 Å². The second kappa shape index (κ2) is 5.96. The van der Waals surface area contributed by atoms with Crippen LogP contribution in [0.3, 0.4) is 0 Å². The number of H-pyrrole nitrogens is 1. The number of aryl methyl sites for hydroxylation is 1. The maximum atomic E-state index is 12.5. The molecular weight excluding hydrogens is 265 g/mol. The molecule has 0 aliphatic heterocycles. The number of thioether (sulfide) groups is 1. The maximum absolute atomic E-state index is 12.5. The lowest BCUT2D eigenvalue weighted by molar-refractivity contribution is -0.141. The van der Waals surface area contributed by atoms with Crippen LogP contribution in [0.5, 0.6) is 0 Å². The largest absolute Gasteiger partial charge is 0.436 e. The van der Waals surface area contributed by atoms with Crippen LogP contribution in [0.1, 0.15) is 30.3 Å². The Hall–Kier alpha value is -1.42. The molecule has 0 aromatic carbocycles. The third-order valence-electron chi connectivity index (χ3n) is 1.96. The lowest BCUT2D eigenvalue weighted by Crippen LogP contribution is -2.07. The lowest BCUT2D eigenvalue weighted by atomic mass is 10.2. The fourth-order valence-corrected chi connectivity index (χ4v) is 1.68. The number of rotatable bonds is 2. The van der Waals surface area contributed by atoms with Crippen molar-refractivity contribution in [2.24, 2.45) is 0 Å². The maximum Gasteiger partial charge on any atom is 0.436 e. The van der Waals surface area contributed by atoms with E-state index in [1.807, 2.05) is 0 Å². The van der Waals surface area contributed by atoms with Gasteiger partial charge in [-0.3, -0.25) is 9.89 Å². The highest BCUT2D eigenvalue weighted by molar-refractivity contribution is 8.13. The zero-order valence-electron chi connectivity index (χ0n) is 9.81. The summed E-state index contributed by atoms with van der Waals surface area (Å²) in [5.41, 5.74) is -0.837. The van der Waals surface area contributed by atoms with E-state index in [-0.39, 0.29) is 16.4 Å². The highest BCUT2D eigenvalue weighted by Crippen LogP contribution is 2.30. The Labute approximate surface area is 107 Å². The Balaban J connectivity index is 2.76. The Morgan fingerprint density at radius 2 is 2.17 bits per heavy atom. The predicted molar refractivity (Wildman–Crippen MR) is 63.0 cm³/mol. The summed E-state index contributed by atoms with van der Waals surface area (Å²) < 4.78 is 37.6. The Kier molecular flexibility index (Phi) is 4.84. The van der Waals surface area contributed by atoms with Crippen molar-refractivity contribution in [3.05, 3.63) is 17.0 Å². The van der Waals surface area contributed by atoms with Crippen LogP contribution in [-0.2, 0) is 11.0 Å². The van der Waals surface area contributed by atoms with Crippen molar-refractivity contribution in [2.45, 2.75) is 26.4 Å². The van der Waals surface area contributed by atoms with Gasteiger partial charge in [-0.05, 0) is 6.92 Å². The molecule has 0 aliphatic rings. The standard InChI is InChI=1S/C11H11F3N2OS/c1-7-9(5-3-4-6-18-8(2)17)10(16-15-7)11(12,13)14/h4,6H2,1-2H3,(H,15,16). The van der Waals surface area contributed by atoms with Crippen LogP contribution in [0.4, 0.5) is 13.2 Å². The molecule has 1 aromatic rings. The minimum atomic E-state index is -4.51. The van der Waals surface area contributed by atoms with Crippen molar-refractivity contribution in [1.29, 1.82) is 0 Å². The number of halogens is 3. The summed E-state index contributed by atoms with van der Waals surface area (Å²) in [5.74, 6) is 5.54. The van der Waals surface area contributed by atoms with Crippen molar-refractivity contribution in [3.63, 3.8) is 0 Å². The number of aromatic nitrogens is 2. The Morgan fingerprint density at radius 1 is 1.50 bits per heavy atom. The average Bonchev–Trinajstić information content (AvgIpc) is 2.59. The van der Waals surface area contributed by atoms with Crippen LogP contribution >= 0.6 is 11.8 Å². The molecule has 0 amide bonds. The number of alkyl halides is 3. The van der Waals surface area contributed by atoms with E-state index < -0.39 is 11.9 Å². The number of hydrogen-bond acceptors (Lipinski definition) is 3. The van der Waals surface area contributed by atoms with E-state index in [9.17, 15) is 18.0 Å². The molecule has 0 fully saturated rings. The molecule has 0 radical (unpaired) electrons. The summed E-state index contributed by atoms with van der Waals surface area (Å²) in [6, 6.07) is 0. The second-order valence-corrected chi connectivity index (χ2v) is 4.73. The van der Waals surface area contributed by atoms with Crippen LogP contribution in [0.15, 0.2) is 0 Å². The first-order valence-electron chi connectivity index (χ1n) is 5.06. The van der Waals surface area contributed by atoms with E-state index in [0.717, 1.165) is 11.8 Å². The van der Waals surface area contributed by atoms with Gasteiger partial charge in [-0.15, -0.1) is 0 Å². The van der Waals surface area contributed by atoms with Crippen molar-refractivity contribution >= 4 is 16.9 Å². The molecule has 0 saturated heterocycles. The number of nitrogens with zero attached hydrogens (tertiary/aromatic N) is 1. The summed E-state index contributed by atoms with van der Waals surface area (Å²) in [7, 11) is 0. The van der Waals surface area contributed by atoms with Gasteiger partial charge in [-0.1, -0.05) is 23.6 Å². The molecule has 0 saturated carbocycles. The second-order valence-electron chi connectivity index (χ2n) is 3.46. The van der Waals surface area contributed by atoms with Crippen molar-refractivity contribution in [2.75, 3.05) is 5.75 Å². The predicted octanol–water partition coefficient (Wildman–Crippen LogP) is 2.76. The summed E-state index contributed by atoms with van der Waals surface area (Å²) in [4.78, 5) is 10.6. The fraction of sp³-hybridized carbons (Fsp3) is 0.455. The molecule has 3 nitrogen and oxygen atoms in total. The number of aromatic amines is 1. The van der Waals surface area contributed by atoms with Gasteiger partial charge in [0.05, 0.1) is 5.56 Å². The van der Waals surface area contributed by atoms with Crippen molar-refractivity contribution in [3.8, 4) is 11.8 Å². The first kappa shape index (κ1) is 14.6. The summed E-state index contributed by atoms with van der Waals surface area (Å²) in [5, 5.41) is 5.44. The van der Waals surface area contributed by atoms with E-state index in [0.29, 0.717) is 12.2 Å². The molecule has 7 heteroatoms. The molecular formula is C11H11F3N2OS. The molecule has 0 bridgehead atoms. The Bertz CT molecular complexity index is 497. The number of carbonyl (C=O) groups excluding carboxylic acids is 1. The van der Waals surface area contributed by atoms with Gasteiger partial charge in [0.2, 0.25) is 0 Å². The van der Waals surface area contributed by atoms with Gasteiger partial charge < -0.3 is 0 Å². The van der Waals surface area contributed by atoms with Gasteiger partial charge in [0.25, 0.3) is 0 Å². The smallest absolute Gasteiger partial charge is 0.288 e. The number of hydrogen-bond donors (Lipinski definition) is 1. The van der Waals surface area contributed by atoms with Gasteiger partial charge >= 0.3 is 6.18 Å². The quantitative estimate of drug-likeness (QED) is 0.667. The third kappa shape index (κ3) is 4.11. The summed E-state index contributed by atoms with van der Waals surface area (Å²) >= 11 is 1.10. The van der Waals surface area contributed by atoms with Gasteiger partial charge in [-0.25, -0.2) is 0 Å². The van der Waals surface area contributed by atoms with Crippen LogP contribution in [0.25, 0.3) is 0 Å². The number of carbonyl (C=O) groups is 1. The molecule has 0 unspecified atom stereocenters. The van der Waals surface area contributed by atoms with Crippen LogP contribution in [0.2, 0.25) is 0 Å². The molecule has 1 N–H and O–H groups in total. The van der Waals surface area contributed by atoms with Crippen LogP contribution in [0, 0.1) is 18.8 Å². The summed E-state index contributed by atoms with van der Waals surface area (Å²) in [6.07, 6.45) is -4.16. The van der Waals surface area contributed by atoms with Gasteiger partial charge in [0.1, 0.15) is 0 Å². The van der Waals surface area contributed by atoms with Crippen molar-refractivity contribution in [1.82, 2.24) is 10.2 Å². The van der Waals surface area contributed by atoms with Crippen LogP contribution < -0.4 is 0 Å². The molecule has 0 atom stereocenters. The SMILES string of the molecule is CC(=O)SCCC#Cc1c(C(F)(F)F)n[nH]c1C. The normalized spacial score (nSPS) is 10.9. The van der Waals surface area contributed by atoms with Crippen molar-refractivity contribution < 1.29 is 18.0 Å². The van der Waals surface area contributed by atoms with E-state index in [4.69, 9.17) is 0 Å². The highest BCUT2D eigenvalue weighted by Gasteiger charge is 2.37. The average molecular weight is 276 g/mol. The molecule has 1 rings (SSSR count). The zero-order valence-corrected chi connectivity index (χ0v) is 10.6. The first-order valence-corrected chi connectivity index (χ1v) is 6.05. The summed E-state index contributed by atoms with van der Waals surface area (Å²) in [6.45, 7) is 2.91. The van der Waals surface area contributed by atoms with Crippen LogP contribution in [-0.4, -0.2) is 21.1 Å². The minimum Gasteiger partial charge on any atom is -0.288 e. The van der Waals surface area contributed by atoms with E-state index in [1.54, 1.807) is 0 Å². The fourth-order valence-electron chi connectivity index (χ4n) is 1.18. The first-order chi connectivity index (χ1) is 8.32. The van der Waals surface area contributed by atoms with Gasteiger partial charge in [-0.2, -0.15) is 18.3 Å². The third-order valence-corrected chi connectivity index (χ3v) is 2.78. The lowest BCUT2D eigenvalue weighted by Gasteiger charge is -2.01.